The highest BCUT2D eigenvalue weighted by Crippen LogP contribution is 2.36. The van der Waals surface area contributed by atoms with Crippen LogP contribution in [0, 0.1) is 6.92 Å². The number of halogens is 3. The molecule has 1 N–H and O–H groups in total. The quantitative estimate of drug-likeness (QED) is 0.294. The van der Waals surface area contributed by atoms with Gasteiger partial charge in [0, 0.05) is 34.5 Å². The standard InChI is InChI=1S/C27H22F3NO6/c1-15-24(25(32)17-6-4-8-19(12-17)35-3)22-11-10-21(37-27(28,29)30)14-23(22)31(15)18-7-5-9-20(13-18)36-16(2)26(33)34/h4-14,16H,1-3H3,(H,33,34)/t16-/m1/s1. The minimum Gasteiger partial charge on any atom is -0.497 e. The molecule has 0 radical (unpaired) electrons. The van der Waals surface area contributed by atoms with E-state index in [-0.39, 0.29) is 22.6 Å². The number of rotatable bonds is 8. The number of nitrogens with zero attached hydrogens (tertiary/aromatic N) is 1. The van der Waals surface area contributed by atoms with Gasteiger partial charge in [-0.1, -0.05) is 18.2 Å². The third-order valence-electron chi connectivity index (χ3n) is 5.71. The van der Waals surface area contributed by atoms with Gasteiger partial charge < -0.3 is 23.9 Å². The van der Waals surface area contributed by atoms with Crippen LogP contribution in [0.3, 0.4) is 0 Å². The summed E-state index contributed by atoms with van der Waals surface area (Å²) in [6, 6.07) is 16.7. The van der Waals surface area contributed by atoms with Crippen LogP contribution in [0.5, 0.6) is 17.2 Å². The van der Waals surface area contributed by atoms with Crippen LogP contribution >= 0.6 is 0 Å². The maximum absolute atomic E-state index is 13.6. The van der Waals surface area contributed by atoms with Crippen molar-refractivity contribution in [1.82, 2.24) is 4.57 Å². The number of carbonyl (C=O) groups excluding carboxylic acids is 1. The minimum absolute atomic E-state index is 0.233. The largest absolute Gasteiger partial charge is 0.573 e. The summed E-state index contributed by atoms with van der Waals surface area (Å²) in [6.45, 7) is 3.04. The number of ether oxygens (including phenoxy) is 3. The first-order valence-corrected chi connectivity index (χ1v) is 11.1. The summed E-state index contributed by atoms with van der Waals surface area (Å²) in [4.78, 5) is 24.8. The molecule has 1 aromatic heterocycles. The Morgan fingerprint density at radius 1 is 0.946 bits per heavy atom. The van der Waals surface area contributed by atoms with Crippen molar-refractivity contribution in [1.29, 1.82) is 0 Å². The highest BCUT2D eigenvalue weighted by atomic mass is 19.4. The lowest BCUT2D eigenvalue weighted by atomic mass is 10.00. The van der Waals surface area contributed by atoms with Gasteiger partial charge in [0.2, 0.25) is 0 Å². The lowest BCUT2D eigenvalue weighted by molar-refractivity contribution is -0.274. The third-order valence-corrected chi connectivity index (χ3v) is 5.71. The summed E-state index contributed by atoms with van der Waals surface area (Å²) in [5, 5.41) is 9.57. The third kappa shape index (κ3) is 5.37. The lowest BCUT2D eigenvalue weighted by Crippen LogP contribution is -2.22. The zero-order valence-electron chi connectivity index (χ0n) is 20.0. The molecular formula is C27H22F3NO6. The normalized spacial score (nSPS) is 12.3. The predicted octanol–water partition coefficient (Wildman–Crippen LogP) is 5.93. The number of alkyl halides is 3. The van der Waals surface area contributed by atoms with Crippen LogP contribution in [-0.4, -0.2) is 41.0 Å². The molecule has 0 aliphatic heterocycles. The van der Waals surface area contributed by atoms with Crippen molar-refractivity contribution in [2.45, 2.75) is 26.3 Å². The Morgan fingerprint density at radius 3 is 2.32 bits per heavy atom. The van der Waals surface area contributed by atoms with Gasteiger partial charge in [-0.25, -0.2) is 4.79 Å². The topological polar surface area (TPSA) is 87.0 Å². The highest BCUT2D eigenvalue weighted by molar-refractivity contribution is 6.18. The molecule has 4 aromatic rings. The van der Waals surface area contributed by atoms with Gasteiger partial charge in [-0.3, -0.25) is 4.79 Å². The summed E-state index contributed by atoms with van der Waals surface area (Å²) >= 11 is 0. The molecule has 0 amide bonds. The van der Waals surface area contributed by atoms with Crippen LogP contribution in [0.1, 0.15) is 28.5 Å². The number of carbonyl (C=O) groups is 2. The van der Waals surface area contributed by atoms with Crippen LogP contribution in [0.15, 0.2) is 66.7 Å². The minimum atomic E-state index is -4.90. The number of benzene rings is 3. The molecule has 0 aliphatic rings. The molecule has 1 heterocycles. The number of hydrogen-bond acceptors (Lipinski definition) is 5. The number of hydrogen-bond donors (Lipinski definition) is 1. The fourth-order valence-corrected chi connectivity index (χ4v) is 4.07. The summed E-state index contributed by atoms with van der Waals surface area (Å²) in [5.41, 5.74) is 1.81. The molecule has 0 fully saturated rings. The molecule has 0 saturated carbocycles. The second-order valence-corrected chi connectivity index (χ2v) is 8.18. The average molecular weight is 513 g/mol. The Balaban J connectivity index is 1.92. The van der Waals surface area contributed by atoms with Crippen molar-refractivity contribution in [3.05, 3.63) is 83.6 Å². The van der Waals surface area contributed by atoms with Gasteiger partial charge in [0.15, 0.2) is 11.9 Å². The first kappa shape index (κ1) is 25.6. The second-order valence-electron chi connectivity index (χ2n) is 8.18. The Hall–Kier alpha value is -4.47. The van der Waals surface area contributed by atoms with Crippen molar-refractivity contribution < 1.29 is 42.1 Å². The van der Waals surface area contributed by atoms with Crippen molar-refractivity contribution in [2.75, 3.05) is 7.11 Å². The van der Waals surface area contributed by atoms with Gasteiger partial charge in [0.05, 0.1) is 18.2 Å². The van der Waals surface area contributed by atoms with E-state index in [0.29, 0.717) is 28.1 Å². The average Bonchev–Trinajstić information content (AvgIpc) is 3.13. The number of fused-ring (bicyclic) bond motifs is 1. The number of aromatic nitrogens is 1. The molecule has 3 aromatic carbocycles. The van der Waals surface area contributed by atoms with Crippen molar-refractivity contribution in [3.63, 3.8) is 0 Å². The zero-order valence-corrected chi connectivity index (χ0v) is 20.0. The fourth-order valence-electron chi connectivity index (χ4n) is 4.07. The monoisotopic (exact) mass is 513 g/mol. The van der Waals surface area contributed by atoms with Crippen LogP contribution < -0.4 is 14.2 Å². The Labute approximate surface area is 209 Å². The molecule has 0 spiro atoms. The first-order valence-electron chi connectivity index (χ1n) is 11.1. The van der Waals surface area contributed by atoms with Crippen molar-refractivity contribution in [2.24, 2.45) is 0 Å². The lowest BCUT2D eigenvalue weighted by Gasteiger charge is -2.14. The number of methoxy groups -OCH3 is 1. The van der Waals surface area contributed by atoms with E-state index < -0.39 is 24.2 Å². The van der Waals surface area contributed by atoms with Gasteiger partial charge in [-0.15, -0.1) is 13.2 Å². The van der Waals surface area contributed by atoms with Gasteiger partial charge >= 0.3 is 12.3 Å². The van der Waals surface area contributed by atoms with Crippen LogP contribution in [-0.2, 0) is 4.79 Å². The predicted molar refractivity (Wildman–Crippen MR) is 129 cm³/mol. The van der Waals surface area contributed by atoms with E-state index in [9.17, 15) is 22.8 Å². The fraction of sp³-hybridized carbons (Fsp3) is 0.185. The van der Waals surface area contributed by atoms with Crippen LogP contribution in [0.4, 0.5) is 13.2 Å². The molecular weight excluding hydrogens is 491 g/mol. The molecule has 37 heavy (non-hydrogen) atoms. The number of aliphatic carboxylic acids is 1. The summed E-state index contributed by atoms with van der Waals surface area (Å²) in [7, 11) is 1.48. The van der Waals surface area contributed by atoms with Gasteiger partial charge in [-0.2, -0.15) is 0 Å². The maximum Gasteiger partial charge on any atom is 0.573 e. The highest BCUT2D eigenvalue weighted by Gasteiger charge is 2.32. The molecule has 192 valence electrons. The van der Waals surface area contributed by atoms with Gasteiger partial charge in [0.25, 0.3) is 0 Å². The van der Waals surface area contributed by atoms with Crippen molar-refractivity contribution in [3.8, 4) is 22.9 Å². The van der Waals surface area contributed by atoms with Crippen LogP contribution in [0.25, 0.3) is 16.6 Å². The van der Waals surface area contributed by atoms with E-state index in [1.54, 1.807) is 60.0 Å². The molecule has 4 rings (SSSR count). The van der Waals surface area contributed by atoms with Crippen molar-refractivity contribution >= 4 is 22.7 Å². The maximum atomic E-state index is 13.6. The molecule has 0 unspecified atom stereocenters. The van der Waals surface area contributed by atoms with Crippen LogP contribution in [0.2, 0.25) is 0 Å². The van der Waals surface area contributed by atoms with E-state index in [1.165, 1.54) is 26.2 Å². The smallest absolute Gasteiger partial charge is 0.497 e. The second kappa shape index (κ2) is 9.88. The summed E-state index contributed by atoms with van der Waals surface area (Å²) < 4.78 is 55.3. The Bertz CT molecular complexity index is 1490. The Morgan fingerprint density at radius 2 is 1.65 bits per heavy atom. The van der Waals surface area contributed by atoms with E-state index in [2.05, 4.69) is 4.74 Å². The van der Waals surface area contributed by atoms with Gasteiger partial charge in [0.1, 0.15) is 17.2 Å². The SMILES string of the molecule is COc1cccc(C(=O)c2c(C)n(-c3cccc(O[C@H](C)C(=O)O)c3)c3cc(OC(F)(F)F)ccc23)c1. The first-order chi connectivity index (χ1) is 17.5. The molecule has 0 aliphatic carbocycles. The number of carboxylic acids is 1. The molecule has 0 saturated heterocycles. The van der Waals surface area contributed by atoms with E-state index in [1.807, 2.05) is 0 Å². The molecule has 7 nitrogen and oxygen atoms in total. The van der Waals surface area contributed by atoms with E-state index >= 15 is 0 Å². The molecule has 10 heteroatoms. The van der Waals surface area contributed by atoms with E-state index in [4.69, 9.17) is 14.6 Å². The van der Waals surface area contributed by atoms with Gasteiger partial charge in [-0.05, 0) is 50.2 Å². The zero-order chi connectivity index (χ0) is 26.9. The summed E-state index contributed by atoms with van der Waals surface area (Å²) in [6.07, 6.45) is -6.03. The molecule has 0 bridgehead atoms. The van der Waals surface area contributed by atoms with E-state index in [0.717, 1.165) is 6.07 Å². The summed E-state index contributed by atoms with van der Waals surface area (Å²) in [5.74, 6) is -1.25. The Kier molecular flexibility index (Phi) is 6.84. The molecule has 1 atom stereocenters. The number of ketones is 1. The number of carboxylic acid groups (broad SMARTS) is 1.